The van der Waals surface area contributed by atoms with Crippen molar-refractivity contribution in [3.05, 3.63) is 24.4 Å². The van der Waals surface area contributed by atoms with Crippen LogP contribution in [0.3, 0.4) is 0 Å². The van der Waals surface area contributed by atoms with E-state index in [1.165, 1.54) is 36.0 Å². The Balaban J connectivity index is 1.74. The molecule has 0 saturated heterocycles. The summed E-state index contributed by atoms with van der Waals surface area (Å²) < 4.78 is 86.7. The fourth-order valence-corrected chi connectivity index (χ4v) is 6.05. The van der Waals surface area contributed by atoms with E-state index < -0.39 is 46.6 Å². The van der Waals surface area contributed by atoms with Gasteiger partial charge in [-0.05, 0) is 57.7 Å². The maximum absolute atomic E-state index is 14.2. The molecule has 0 spiro atoms. The number of amides is 2. The molecule has 4 rings (SSSR count). The summed E-state index contributed by atoms with van der Waals surface area (Å²) in [5, 5.41) is 18.4. The Morgan fingerprint density at radius 1 is 1.26 bits per heavy atom. The van der Waals surface area contributed by atoms with Gasteiger partial charge in [-0.15, -0.1) is 5.10 Å². The molecule has 2 amide bonds. The number of aromatic nitrogens is 2. The van der Waals surface area contributed by atoms with Gasteiger partial charge in [-0.3, -0.25) is 19.1 Å². The van der Waals surface area contributed by atoms with Gasteiger partial charge in [0, 0.05) is 25.4 Å². The van der Waals surface area contributed by atoms with Gasteiger partial charge in [-0.1, -0.05) is 0 Å². The Bertz CT molecular complexity index is 1460. The predicted molar refractivity (Wildman–Crippen MR) is 146 cm³/mol. The van der Waals surface area contributed by atoms with Crippen LogP contribution in [0.15, 0.2) is 29.3 Å². The Kier molecular flexibility index (Phi) is 9.06. The topological polar surface area (TPSA) is 161 Å². The van der Waals surface area contributed by atoms with Crippen LogP contribution < -0.4 is 24.4 Å². The fraction of sp³-hybridized carbons (Fsp3) is 0.577. The standard InChI is InChI=1S/C26H34F3N5O8S/c1-5-33-14-21(23(32-33)40-11-10-35)43(38,39)34-13-20(22(16-6-7-16)30-15(2)36)41-19-9-8-17(12-18(19)34)31-24(37)42-25(3,4)26(27,28)29/h8-9,12,14,16,20,22,35H,5-7,10-11,13H2,1-4H3,(H,30,36)(H,31,37)/t20-,22-/m1/s1. The Morgan fingerprint density at radius 3 is 2.53 bits per heavy atom. The second-order valence-electron chi connectivity index (χ2n) is 10.7. The van der Waals surface area contributed by atoms with Crippen LogP contribution in [-0.4, -0.2) is 79.0 Å². The van der Waals surface area contributed by atoms with Gasteiger partial charge in [0.25, 0.3) is 15.9 Å². The monoisotopic (exact) mass is 633 g/mol. The number of aliphatic hydroxyl groups is 1. The SMILES string of the molecule is CCn1cc(S(=O)(=O)N2C[C@H]([C@H](NC(C)=O)C3CC3)Oc3ccc(NC(=O)OC(C)(C)C(F)(F)F)cc32)c(OCCO)n1. The minimum absolute atomic E-state index is 0.0288. The van der Waals surface area contributed by atoms with Crippen molar-refractivity contribution in [2.75, 3.05) is 29.4 Å². The summed E-state index contributed by atoms with van der Waals surface area (Å²) in [4.78, 5) is 24.1. The minimum atomic E-state index is -4.83. The van der Waals surface area contributed by atoms with Crippen LogP contribution in [0.1, 0.15) is 40.5 Å². The number of carbonyl (C=O) groups excluding carboxylic acids is 2. The number of rotatable bonds is 11. The van der Waals surface area contributed by atoms with Crippen molar-refractivity contribution in [1.29, 1.82) is 0 Å². The van der Waals surface area contributed by atoms with Crippen molar-refractivity contribution in [3.63, 3.8) is 0 Å². The average Bonchev–Trinajstić information content (AvgIpc) is 3.67. The molecule has 3 N–H and O–H groups in total. The number of aryl methyl sites for hydroxylation is 1. The molecular formula is C26H34F3N5O8S. The van der Waals surface area contributed by atoms with E-state index >= 15 is 0 Å². The maximum Gasteiger partial charge on any atom is 0.427 e. The molecule has 0 unspecified atom stereocenters. The predicted octanol–water partition coefficient (Wildman–Crippen LogP) is 3.03. The van der Waals surface area contributed by atoms with Crippen molar-refractivity contribution < 1.29 is 50.5 Å². The van der Waals surface area contributed by atoms with Gasteiger partial charge in [0.2, 0.25) is 11.5 Å². The number of halogens is 3. The van der Waals surface area contributed by atoms with Crippen molar-refractivity contribution in [1.82, 2.24) is 15.1 Å². The summed E-state index contributed by atoms with van der Waals surface area (Å²) in [7, 11) is -4.46. The average molecular weight is 634 g/mol. The Hall–Kier alpha value is -3.73. The molecule has 1 aliphatic heterocycles. The second kappa shape index (κ2) is 12.1. The number of fused-ring (bicyclic) bond motifs is 1. The number of anilines is 2. The number of benzene rings is 1. The van der Waals surface area contributed by atoms with Crippen LogP contribution in [-0.2, 0) is 26.1 Å². The third-order valence-corrected chi connectivity index (χ3v) is 8.71. The second-order valence-corrected chi connectivity index (χ2v) is 12.5. The number of nitrogens with one attached hydrogen (secondary N) is 2. The van der Waals surface area contributed by atoms with Gasteiger partial charge in [0.05, 0.1) is 24.9 Å². The first kappa shape index (κ1) is 32.2. The lowest BCUT2D eigenvalue weighted by Crippen LogP contribution is -2.55. The van der Waals surface area contributed by atoms with Gasteiger partial charge in [0.1, 0.15) is 18.5 Å². The summed E-state index contributed by atoms with van der Waals surface area (Å²) >= 11 is 0. The molecule has 13 nitrogen and oxygen atoms in total. The third kappa shape index (κ3) is 7.09. The minimum Gasteiger partial charge on any atom is -0.484 e. The van der Waals surface area contributed by atoms with Gasteiger partial charge in [0.15, 0.2) is 4.90 Å². The van der Waals surface area contributed by atoms with Crippen LogP contribution in [0.25, 0.3) is 0 Å². The zero-order valence-corrected chi connectivity index (χ0v) is 24.8. The van der Waals surface area contributed by atoms with Crippen LogP contribution in [0, 0.1) is 5.92 Å². The summed E-state index contributed by atoms with van der Waals surface area (Å²) in [6.07, 6.45) is -4.15. The lowest BCUT2D eigenvalue weighted by Gasteiger charge is -2.39. The number of sulfonamides is 1. The normalized spacial score (nSPS) is 17.9. The molecule has 43 heavy (non-hydrogen) atoms. The van der Waals surface area contributed by atoms with E-state index in [0.717, 1.165) is 17.1 Å². The van der Waals surface area contributed by atoms with E-state index in [1.54, 1.807) is 6.92 Å². The molecule has 2 aromatic rings. The lowest BCUT2D eigenvalue weighted by atomic mass is 10.0. The first-order valence-electron chi connectivity index (χ1n) is 13.6. The van der Waals surface area contributed by atoms with Gasteiger partial charge >= 0.3 is 12.3 Å². The molecule has 0 radical (unpaired) electrons. The van der Waals surface area contributed by atoms with E-state index in [9.17, 15) is 36.3 Å². The van der Waals surface area contributed by atoms with E-state index in [0.29, 0.717) is 20.4 Å². The molecule has 238 valence electrons. The highest BCUT2D eigenvalue weighted by atomic mass is 32.2. The van der Waals surface area contributed by atoms with Crippen molar-refractivity contribution in [3.8, 4) is 11.6 Å². The molecular weight excluding hydrogens is 599 g/mol. The van der Waals surface area contributed by atoms with E-state index in [-0.39, 0.29) is 52.9 Å². The zero-order valence-electron chi connectivity index (χ0n) is 24.0. The molecule has 0 bridgehead atoms. The van der Waals surface area contributed by atoms with Crippen molar-refractivity contribution in [2.24, 2.45) is 5.92 Å². The van der Waals surface area contributed by atoms with Gasteiger partial charge in [-0.2, -0.15) is 13.2 Å². The number of ether oxygens (including phenoxy) is 3. The molecule has 1 aromatic carbocycles. The summed E-state index contributed by atoms with van der Waals surface area (Å²) in [6.45, 7) is 3.91. The highest BCUT2D eigenvalue weighted by Gasteiger charge is 2.51. The zero-order chi connectivity index (χ0) is 31.7. The molecule has 2 atom stereocenters. The van der Waals surface area contributed by atoms with E-state index in [4.69, 9.17) is 9.47 Å². The Morgan fingerprint density at radius 2 is 1.95 bits per heavy atom. The molecule has 1 saturated carbocycles. The number of hydrogen-bond donors (Lipinski definition) is 3. The van der Waals surface area contributed by atoms with Crippen LogP contribution in [0.2, 0.25) is 0 Å². The number of hydrogen-bond acceptors (Lipinski definition) is 9. The number of alkyl halides is 3. The summed E-state index contributed by atoms with van der Waals surface area (Å²) in [6, 6.07) is 3.41. The van der Waals surface area contributed by atoms with E-state index in [2.05, 4.69) is 20.5 Å². The molecule has 17 heteroatoms. The smallest absolute Gasteiger partial charge is 0.427 e. The van der Waals surface area contributed by atoms with Crippen LogP contribution >= 0.6 is 0 Å². The largest absolute Gasteiger partial charge is 0.484 e. The van der Waals surface area contributed by atoms with Crippen LogP contribution in [0.4, 0.5) is 29.3 Å². The van der Waals surface area contributed by atoms with Crippen LogP contribution in [0.5, 0.6) is 11.6 Å². The van der Waals surface area contributed by atoms with E-state index in [1.807, 2.05) is 0 Å². The molecule has 1 aliphatic carbocycles. The van der Waals surface area contributed by atoms with Gasteiger partial charge in [-0.25, -0.2) is 13.2 Å². The quantitative estimate of drug-likeness (QED) is 0.338. The first-order valence-corrected chi connectivity index (χ1v) is 15.0. The summed E-state index contributed by atoms with van der Waals surface area (Å²) in [5.74, 6) is -0.400. The molecule has 2 aliphatic rings. The Labute approximate surface area is 246 Å². The fourth-order valence-electron chi connectivity index (χ4n) is 4.49. The molecule has 1 fully saturated rings. The first-order chi connectivity index (χ1) is 20.1. The highest BCUT2D eigenvalue weighted by molar-refractivity contribution is 7.93. The maximum atomic E-state index is 14.2. The third-order valence-electron chi connectivity index (χ3n) is 6.95. The molecule has 2 heterocycles. The number of nitrogens with zero attached hydrogens (tertiary/aromatic N) is 3. The number of carbonyl (C=O) groups is 2. The summed E-state index contributed by atoms with van der Waals surface area (Å²) in [5.41, 5.74) is -2.88. The number of aliphatic hydroxyl groups excluding tert-OH is 1. The molecule has 1 aromatic heterocycles. The van der Waals surface area contributed by atoms with Crippen molar-refractivity contribution in [2.45, 2.75) is 75.9 Å². The lowest BCUT2D eigenvalue weighted by molar-refractivity contribution is -0.242. The van der Waals surface area contributed by atoms with Gasteiger partial charge < -0.3 is 24.6 Å². The highest BCUT2D eigenvalue weighted by Crippen LogP contribution is 2.43. The van der Waals surface area contributed by atoms with Crippen molar-refractivity contribution >= 4 is 33.4 Å².